The van der Waals surface area contributed by atoms with Gasteiger partial charge in [0.2, 0.25) is 0 Å². The van der Waals surface area contributed by atoms with Gasteiger partial charge in [-0.05, 0) is 31.2 Å². The summed E-state index contributed by atoms with van der Waals surface area (Å²) in [6, 6.07) is 6.31. The molecule has 1 rings (SSSR count). The molecule has 0 saturated carbocycles. The lowest BCUT2D eigenvalue weighted by molar-refractivity contribution is -0.894. The van der Waals surface area contributed by atoms with Gasteiger partial charge in [0.15, 0.2) is 6.04 Å². The minimum Gasteiger partial charge on any atom is -0.488 e. The summed E-state index contributed by atoms with van der Waals surface area (Å²) in [5.74, 6) is 0.383. The van der Waals surface area contributed by atoms with Gasteiger partial charge in [0.1, 0.15) is 18.9 Å². The molecule has 20 heavy (non-hydrogen) atoms. The zero-order valence-electron chi connectivity index (χ0n) is 11.5. The Morgan fingerprint density at radius 2 is 2.00 bits per heavy atom. The number of amides is 3. The van der Waals surface area contributed by atoms with Crippen molar-refractivity contribution in [3.63, 3.8) is 0 Å². The fraction of sp³-hybridized carbons (Fsp3) is 0.385. The Morgan fingerprint density at radius 3 is 2.55 bits per heavy atom. The van der Waals surface area contributed by atoms with Crippen LogP contribution in [0.2, 0.25) is 0 Å². The second-order valence-corrected chi connectivity index (χ2v) is 5.39. The van der Waals surface area contributed by atoms with Crippen LogP contribution < -0.4 is 20.7 Å². The third-order valence-electron chi connectivity index (χ3n) is 2.96. The maximum absolute atomic E-state index is 11.6. The summed E-state index contributed by atoms with van der Waals surface area (Å²) < 4.78 is 6.57. The first-order chi connectivity index (χ1) is 9.40. The highest BCUT2D eigenvalue weighted by Crippen LogP contribution is 2.15. The minimum atomic E-state index is -0.833. The van der Waals surface area contributed by atoms with E-state index in [-0.39, 0.29) is 6.04 Å². The molecule has 110 valence electrons. The van der Waals surface area contributed by atoms with Gasteiger partial charge in [-0.2, -0.15) is 0 Å². The summed E-state index contributed by atoms with van der Waals surface area (Å²) >= 11 is 3.35. The molecule has 0 heterocycles. The van der Waals surface area contributed by atoms with E-state index in [0.29, 0.717) is 13.2 Å². The number of rotatable bonds is 6. The number of hydrogen-bond acceptors (Lipinski definition) is 3. The van der Waals surface area contributed by atoms with E-state index in [9.17, 15) is 9.59 Å². The molecule has 0 saturated heterocycles. The fourth-order valence-corrected chi connectivity index (χ4v) is 1.80. The molecular weight excluding hydrogens is 326 g/mol. The molecule has 0 aromatic heterocycles. The predicted molar refractivity (Wildman–Crippen MR) is 78.6 cm³/mol. The summed E-state index contributed by atoms with van der Waals surface area (Å²) in [4.78, 5) is 23.1. The molecule has 0 fully saturated rings. The van der Waals surface area contributed by atoms with Crippen LogP contribution in [0.25, 0.3) is 0 Å². The minimum absolute atomic E-state index is 0.379. The molecule has 1 unspecified atom stereocenters. The summed E-state index contributed by atoms with van der Waals surface area (Å²) in [7, 11) is 1.86. The van der Waals surface area contributed by atoms with Crippen molar-refractivity contribution in [2.75, 3.05) is 20.2 Å². The average molecular weight is 345 g/mol. The number of nitrogens with one attached hydrogen (secondary N) is 2. The monoisotopic (exact) mass is 344 g/mol. The third-order valence-corrected chi connectivity index (χ3v) is 3.49. The van der Waals surface area contributed by atoms with Gasteiger partial charge >= 0.3 is 6.03 Å². The first-order valence-electron chi connectivity index (χ1n) is 6.21. The molecular formula is C13H19BrN3O3+. The number of quaternary nitrogens is 1. The molecule has 7 heteroatoms. The summed E-state index contributed by atoms with van der Waals surface area (Å²) in [5.41, 5.74) is 4.91. The van der Waals surface area contributed by atoms with E-state index in [1.807, 2.05) is 31.3 Å². The van der Waals surface area contributed by atoms with E-state index in [2.05, 4.69) is 21.2 Å². The van der Waals surface area contributed by atoms with Gasteiger partial charge in [-0.1, -0.05) is 15.9 Å². The van der Waals surface area contributed by atoms with Crippen LogP contribution in [0.4, 0.5) is 4.79 Å². The van der Waals surface area contributed by atoms with Crippen LogP contribution in [0.3, 0.4) is 0 Å². The van der Waals surface area contributed by atoms with Gasteiger partial charge in [-0.25, -0.2) is 4.79 Å². The highest BCUT2D eigenvalue weighted by Gasteiger charge is 2.22. The smallest absolute Gasteiger partial charge is 0.319 e. The average Bonchev–Trinajstić information content (AvgIpc) is 2.39. The third kappa shape index (κ3) is 5.58. The molecule has 0 bridgehead atoms. The molecule has 0 radical (unpaired) electrons. The van der Waals surface area contributed by atoms with Crippen molar-refractivity contribution in [3.8, 4) is 5.75 Å². The number of carbonyl (C=O) groups is 2. The summed E-state index contributed by atoms with van der Waals surface area (Å²) in [5, 5.41) is 2.07. The largest absolute Gasteiger partial charge is 0.488 e. The first-order valence-corrected chi connectivity index (χ1v) is 7.00. The molecule has 6 nitrogen and oxygen atoms in total. The number of imide groups is 1. The zero-order valence-corrected chi connectivity index (χ0v) is 13.1. The van der Waals surface area contributed by atoms with Crippen molar-refractivity contribution in [2.45, 2.75) is 13.0 Å². The topological polar surface area (TPSA) is 85.9 Å². The molecule has 0 aliphatic carbocycles. The Hall–Kier alpha value is -1.60. The molecule has 1 aromatic rings. The van der Waals surface area contributed by atoms with Gasteiger partial charge in [0, 0.05) is 4.47 Å². The molecule has 0 spiro atoms. The summed E-state index contributed by atoms with van der Waals surface area (Å²) in [6.45, 7) is 2.83. The number of hydrogen-bond donors (Lipinski definition) is 3. The Balaban J connectivity index is 2.35. The second kappa shape index (κ2) is 7.86. The Morgan fingerprint density at radius 1 is 1.40 bits per heavy atom. The van der Waals surface area contributed by atoms with Crippen molar-refractivity contribution in [3.05, 3.63) is 28.7 Å². The van der Waals surface area contributed by atoms with Gasteiger partial charge in [0.05, 0.1) is 7.05 Å². The number of urea groups is 1. The zero-order chi connectivity index (χ0) is 15.1. The maximum Gasteiger partial charge on any atom is 0.319 e. The summed E-state index contributed by atoms with van der Waals surface area (Å²) in [6.07, 6.45) is 0. The van der Waals surface area contributed by atoms with E-state index in [4.69, 9.17) is 10.5 Å². The van der Waals surface area contributed by atoms with Gasteiger partial charge in [-0.15, -0.1) is 0 Å². The lowest BCUT2D eigenvalue weighted by Gasteiger charge is -2.20. The van der Waals surface area contributed by atoms with Crippen LogP contribution in [0.5, 0.6) is 5.75 Å². The fourth-order valence-electron chi connectivity index (χ4n) is 1.53. The Labute approximate surface area is 126 Å². The number of primary amides is 1. The SMILES string of the molecule is C[C@@H](C(=O)NC(N)=O)[NH+](C)CCOc1ccc(Br)cc1. The van der Waals surface area contributed by atoms with Crippen molar-refractivity contribution in [1.29, 1.82) is 0 Å². The number of halogens is 1. The van der Waals surface area contributed by atoms with Crippen LogP contribution in [0, 0.1) is 0 Å². The van der Waals surface area contributed by atoms with Crippen molar-refractivity contribution >= 4 is 27.9 Å². The van der Waals surface area contributed by atoms with E-state index in [1.54, 1.807) is 6.92 Å². The lowest BCUT2D eigenvalue weighted by atomic mass is 10.3. The lowest BCUT2D eigenvalue weighted by Crippen LogP contribution is -3.14. The van der Waals surface area contributed by atoms with E-state index < -0.39 is 11.9 Å². The van der Waals surface area contributed by atoms with Gasteiger partial charge in [-0.3, -0.25) is 10.1 Å². The van der Waals surface area contributed by atoms with Crippen LogP contribution in [0.15, 0.2) is 28.7 Å². The number of likely N-dealkylation sites (N-methyl/N-ethyl adjacent to an activating group) is 1. The number of ether oxygens (including phenoxy) is 1. The molecule has 3 amide bonds. The van der Waals surface area contributed by atoms with E-state index in [0.717, 1.165) is 15.1 Å². The molecule has 1 aromatic carbocycles. The number of nitrogens with two attached hydrogens (primary N) is 1. The highest BCUT2D eigenvalue weighted by molar-refractivity contribution is 9.10. The molecule has 0 aliphatic heterocycles. The van der Waals surface area contributed by atoms with Crippen LogP contribution in [-0.4, -0.2) is 38.2 Å². The predicted octanol–water partition coefficient (Wildman–Crippen LogP) is -0.0740. The Bertz CT molecular complexity index is 464. The number of benzene rings is 1. The van der Waals surface area contributed by atoms with E-state index >= 15 is 0 Å². The van der Waals surface area contributed by atoms with Crippen molar-refractivity contribution < 1.29 is 19.2 Å². The van der Waals surface area contributed by atoms with E-state index in [1.165, 1.54) is 0 Å². The Kier molecular flexibility index (Phi) is 6.47. The maximum atomic E-state index is 11.6. The van der Waals surface area contributed by atoms with Gasteiger partial charge < -0.3 is 15.4 Å². The molecule has 2 atom stereocenters. The van der Waals surface area contributed by atoms with Crippen LogP contribution in [0.1, 0.15) is 6.92 Å². The van der Waals surface area contributed by atoms with Crippen molar-refractivity contribution in [2.24, 2.45) is 5.73 Å². The highest BCUT2D eigenvalue weighted by atomic mass is 79.9. The first kappa shape index (κ1) is 16.5. The van der Waals surface area contributed by atoms with Crippen LogP contribution >= 0.6 is 15.9 Å². The number of carbonyl (C=O) groups excluding carboxylic acids is 2. The quantitative estimate of drug-likeness (QED) is 0.675. The second-order valence-electron chi connectivity index (χ2n) is 4.47. The van der Waals surface area contributed by atoms with Gasteiger partial charge in [0.25, 0.3) is 5.91 Å². The molecule has 4 N–H and O–H groups in total. The standard InChI is InChI=1S/C13H18BrN3O3/c1-9(12(18)16-13(15)19)17(2)7-8-20-11-5-3-10(14)4-6-11/h3-6,9H,7-8H2,1-2H3,(H3,15,16,18,19)/p+1/t9-/m0/s1. The normalized spacial score (nSPS) is 13.3. The molecule has 0 aliphatic rings. The van der Waals surface area contributed by atoms with Crippen LogP contribution in [-0.2, 0) is 4.79 Å². The van der Waals surface area contributed by atoms with Crippen molar-refractivity contribution in [1.82, 2.24) is 5.32 Å².